The smallest absolute Gasteiger partial charge is 0.251 e. The summed E-state index contributed by atoms with van der Waals surface area (Å²) >= 11 is 5.96. The number of hydrogen-bond acceptors (Lipinski definition) is 3. The van der Waals surface area contributed by atoms with Crippen LogP contribution >= 0.6 is 11.6 Å². The molecule has 1 aromatic rings. The van der Waals surface area contributed by atoms with Gasteiger partial charge in [0.15, 0.2) is 0 Å². The van der Waals surface area contributed by atoms with E-state index in [1.54, 1.807) is 12.1 Å². The van der Waals surface area contributed by atoms with E-state index in [0.29, 0.717) is 23.7 Å². The number of unbranched alkanes of at least 4 members (excludes halogenated alkanes) is 1. The van der Waals surface area contributed by atoms with Gasteiger partial charge in [0.1, 0.15) is 5.15 Å². The summed E-state index contributed by atoms with van der Waals surface area (Å²) in [6.07, 6.45) is 1.44. The molecule has 19 heavy (non-hydrogen) atoms. The molecule has 5 heteroatoms. The molecule has 0 bridgehead atoms. The Kier molecular flexibility index (Phi) is 5.76. The summed E-state index contributed by atoms with van der Waals surface area (Å²) in [6.45, 7) is 6.76. The van der Waals surface area contributed by atoms with Crippen LogP contribution in [0, 0.1) is 0 Å². The maximum absolute atomic E-state index is 12.0. The highest BCUT2D eigenvalue weighted by Gasteiger charge is 2.18. The highest BCUT2D eigenvalue weighted by atomic mass is 35.5. The third kappa shape index (κ3) is 5.17. The van der Waals surface area contributed by atoms with Crippen molar-refractivity contribution in [1.82, 2.24) is 10.3 Å². The SMILES string of the molecule is CC(C)(C)c1cc(C(=O)NCCCCO)cc(Cl)n1. The van der Waals surface area contributed by atoms with Crippen LogP contribution in [0.25, 0.3) is 0 Å². The third-order valence-electron chi connectivity index (χ3n) is 2.70. The number of carbonyl (C=O) groups excluding carboxylic acids is 1. The highest BCUT2D eigenvalue weighted by Crippen LogP contribution is 2.23. The molecule has 106 valence electrons. The van der Waals surface area contributed by atoms with E-state index in [1.165, 1.54) is 0 Å². The van der Waals surface area contributed by atoms with Crippen molar-refractivity contribution in [1.29, 1.82) is 0 Å². The average Bonchev–Trinajstić information content (AvgIpc) is 2.32. The number of pyridine rings is 1. The number of nitrogens with one attached hydrogen (secondary N) is 1. The van der Waals surface area contributed by atoms with Crippen LogP contribution < -0.4 is 5.32 Å². The molecule has 1 rings (SSSR count). The third-order valence-corrected chi connectivity index (χ3v) is 2.89. The van der Waals surface area contributed by atoms with Crippen LogP contribution in [0.1, 0.15) is 49.7 Å². The fourth-order valence-corrected chi connectivity index (χ4v) is 1.76. The molecule has 4 nitrogen and oxygen atoms in total. The van der Waals surface area contributed by atoms with E-state index < -0.39 is 0 Å². The first-order valence-corrected chi connectivity index (χ1v) is 6.79. The van der Waals surface area contributed by atoms with Crippen LogP contribution in [0.4, 0.5) is 0 Å². The van der Waals surface area contributed by atoms with E-state index >= 15 is 0 Å². The number of aliphatic hydroxyl groups excluding tert-OH is 1. The molecule has 0 aliphatic carbocycles. The minimum absolute atomic E-state index is 0.144. The summed E-state index contributed by atoms with van der Waals surface area (Å²) in [7, 11) is 0. The van der Waals surface area contributed by atoms with Crippen LogP contribution in [0.3, 0.4) is 0 Å². The summed E-state index contributed by atoms with van der Waals surface area (Å²) in [5, 5.41) is 11.8. The van der Waals surface area contributed by atoms with Crippen molar-refractivity contribution in [2.75, 3.05) is 13.2 Å². The monoisotopic (exact) mass is 284 g/mol. The molecule has 0 unspecified atom stereocenters. The minimum Gasteiger partial charge on any atom is -0.396 e. The summed E-state index contributed by atoms with van der Waals surface area (Å²) in [6, 6.07) is 3.34. The van der Waals surface area contributed by atoms with E-state index in [4.69, 9.17) is 16.7 Å². The van der Waals surface area contributed by atoms with Gasteiger partial charge in [0.25, 0.3) is 5.91 Å². The van der Waals surface area contributed by atoms with Gasteiger partial charge in [-0.1, -0.05) is 32.4 Å². The van der Waals surface area contributed by atoms with Gasteiger partial charge in [-0.3, -0.25) is 4.79 Å². The second kappa shape index (κ2) is 6.87. The summed E-state index contributed by atoms with van der Waals surface area (Å²) < 4.78 is 0. The molecule has 1 aromatic heterocycles. The molecule has 2 N–H and O–H groups in total. The molecule has 0 saturated heterocycles. The quantitative estimate of drug-likeness (QED) is 0.645. The standard InChI is InChI=1S/C14H21ClN2O2/c1-14(2,3)11-8-10(9-12(15)17-11)13(19)16-6-4-5-7-18/h8-9,18H,4-7H2,1-3H3,(H,16,19). The molecule has 0 radical (unpaired) electrons. The zero-order chi connectivity index (χ0) is 14.5. The maximum atomic E-state index is 12.0. The topological polar surface area (TPSA) is 62.2 Å². The van der Waals surface area contributed by atoms with Gasteiger partial charge in [0, 0.05) is 29.8 Å². The van der Waals surface area contributed by atoms with Crippen molar-refractivity contribution >= 4 is 17.5 Å². The number of amides is 1. The molecule has 0 saturated carbocycles. The number of halogens is 1. The van der Waals surface area contributed by atoms with E-state index in [9.17, 15) is 4.79 Å². The Balaban J connectivity index is 2.77. The van der Waals surface area contributed by atoms with E-state index in [0.717, 1.165) is 12.1 Å². The fraction of sp³-hybridized carbons (Fsp3) is 0.571. The van der Waals surface area contributed by atoms with E-state index in [2.05, 4.69) is 10.3 Å². The molecule has 0 fully saturated rings. The maximum Gasteiger partial charge on any atom is 0.251 e. The summed E-state index contributed by atoms with van der Waals surface area (Å²) in [4.78, 5) is 16.2. The predicted octanol–water partition coefficient (Wildman–Crippen LogP) is 2.53. The lowest BCUT2D eigenvalue weighted by atomic mass is 9.91. The van der Waals surface area contributed by atoms with Gasteiger partial charge >= 0.3 is 0 Å². The van der Waals surface area contributed by atoms with Crippen molar-refractivity contribution in [3.63, 3.8) is 0 Å². The summed E-state index contributed by atoms with van der Waals surface area (Å²) in [5.74, 6) is -0.160. The molecule has 0 aromatic carbocycles. The normalized spacial score (nSPS) is 11.4. The number of carbonyl (C=O) groups is 1. The molecular formula is C14H21ClN2O2. The van der Waals surface area contributed by atoms with Gasteiger partial charge in [-0.25, -0.2) is 4.98 Å². The van der Waals surface area contributed by atoms with Gasteiger partial charge in [-0.05, 0) is 25.0 Å². The number of rotatable bonds is 5. The fourth-order valence-electron chi connectivity index (χ4n) is 1.55. The van der Waals surface area contributed by atoms with Gasteiger partial charge in [0.2, 0.25) is 0 Å². The second-order valence-corrected chi connectivity index (χ2v) is 5.89. The molecule has 0 spiro atoms. The molecule has 1 heterocycles. The Hall–Kier alpha value is -1.13. The van der Waals surface area contributed by atoms with Crippen molar-refractivity contribution in [2.24, 2.45) is 0 Å². The second-order valence-electron chi connectivity index (χ2n) is 5.50. The van der Waals surface area contributed by atoms with Gasteiger partial charge in [-0.2, -0.15) is 0 Å². The van der Waals surface area contributed by atoms with Crippen LogP contribution in [0.2, 0.25) is 5.15 Å². The highest BCUT2D eigenvalue weighted by molar-refractivity contribution is 6.29. The van der Waals surface area contributed by atoms with Crippen LogP contribution in [0.5, 0.6) is 0 Å². The van der Waals surface area contributed by atoms with E-state index in [-0.39, 0.29) is 17.9 Å². The Morgan fingerprint density at radius 3 is 2.63 bits per heavy atom. The number of aromatic nitrogens is 1. The Bertz CT molecular complexity index is 442. The van der Waals surface area contributed by atoms with Gasteiger partial charge < -0.3 is 10.4 Å². The minimum atomic E-state index is -0.160. The number of aliphatic hydroxyl groups is 1. The van der Waals surface area contributed by atoms with E-state index in [1.807, 2.05) is 20.8 Å². The largest absolute Gasteiger partial charge is 0.396 e. The Morgan fingerprint density at radius 1 is 1.37 bits per heavy atom. The van der Waals surface area contributed by atoms with Gasteiger partial charge in [-0.15, -0.1) is 0 Å². The predicted molar refractivity (Wildman–Crippen MR) is 76.6 cm³/mol. The first-order chi connectivity index (χ1) is 8.84. The molecular weight excluding hydrogens is 264 g/mol. The lowest BCUT2D eigenvalue weighted by molar-refractivity contribution is 0.0952. The number of hydrogen-bond donors (Lipinski definition) is 2. The van der Waals surface area contributed by atoms with Crippen LogP contribution in [0.15, 0.2) is 12.1 Å². The van der Waals surface area contributed by atoms with Crippen molar-refractivity contribution in [2.45, 2.75) is 39.0 Å². The van der Waals surface area contributed by atoms with Crippen molar-refractivity contribution in [3.8, 4) is 0 Å². The first-order valence-electron chi connectivity index (χ1n) is 6.41. The Labute approximate surface area is 119 Å². The summed E-state index contributed by atoms with van der Waals surface area (Å²) in [5.41, 5.74) is 1.16. The Morgan fingerprint density at radius 2 is 2.05 bits per heavy atom. The van der Waals surface area contributed by atoms with Crippen LogP contribution in [-0.4, -0.2) is 29.1 Å². The number of nitrogens with zero attached hydrogens (tertiary/aromatic N) is 1. The van der Waals surface area contributed by atoms with Gasteiger partial charge in [0.05, 0.1) is 0 Å². The molecule has 1 amide bonds. The molecule has 0 atom stereocenters. The molecule has 0 aliphatic heterocycles. The lowest BCUT2D eigenvalue weighted by Crippen LogP contribution is -2.25. The molecule has 0 aliphatic rings. The lowest BCUT2D eigenvalue weighted by Gasteiger charge is -2.18. The van der Waals surface area contributed by atoms with Crippen LogP contribution in [-0.2, 0) is 5.41 Å². The van der Waals surface area contributed by atoms with Crippen molar-refractivity contribution in [3.05, 3.63) is 28.5 Å². The van der Waals surface area contributed by atoms with Crippen molar-refractivity contribution < 1.29 is 9.90 Å². The zero-order valence-corrected chi connectivity index (χ0v) is 12.4. The first kappa shape index (κ1) is 15.9. The zero-order valence-electron chi connectivity index (χ0n) is 11.7. The average molecular weight is 285 g/mol.